The molecule has 3 amide bonds. The maximum atomic E-state index is 13.5. The van der Waals surface area contributed by atoms with Crippen LogP contribution in [0, 0.1) is 5.92 Å². The zero-order chi connectivity index (χ0) is 24.9. The van der Waals surface area contributed by atoms with E-state index in [4.69, 9.17) is 0 Å². The van der Waals surface area contributed by atoms with Crippen molar-refractivity contribution in [3.8, 4) is 0 Å². The van der Waals surface area contributed by atoms with Crippen molar-refractivity contribution in [2.24, 2.45) is 5.92 Å². The topological polar surface area (TPSA) is 96.3 Å². The highest BCUT2D eigenvalue weighted by Crippen LogP contribution is 2.29. The van der Waals surface area contributed by atoms with Gasteiger partial charge in [-0.2, -0.15) is 0 Å². The number of aromatic nitrogens is 2. The van der Waals surface area contributed by atoms with Crippen LogP contribution >= 0.6 is 11.8 Å². The fraction of sp³-hybridized carbons (Fsp3) is 0.520. The van der Waals surface area contributed by atoms with Crippen molar-refractivity contribution >= 4 is 29.5 Å². The zero-order valence-corrected chi connectivity index (χ0v) is 21.5. The third kappa shape index (κ3) is 5.46. The molecule has 1 aromatic heterocycles. The average Bonchev–Trinajstić information content (AvgIpc) is 3.24. The highest BCUT2D eigenvalue weighted by atomic mass is 32.2. The van der Waals surface area contributed by atoms with Gasteiger partial charge in [0.05, 0.1) is 12.9 Å². The first kappa shape index (κ1) is 25.8. The Bertz CT molecular complexity index is 1030. The molecular formula is C25H35N5O3S. The highest BCUT2D eigenvalue weighted by molar-refractivity contribution is 7.98. The molecule has 8 nitrogen and oxygen atoms in total. The van der Waals surface area contributed by atoms with E-state index in [1.165, 1.54) is 6.33 Å². The van der Waals surface area contributed by atoms with Crippen LogP contribution in [0.25, 0.3) is 0 Å². The number of amides is 3. The number of benzene rings is 1. The predicted octanol–water partition coefficient (Wildman–Crippen LogP) is 3.32. The molecule has 1 unspecified atom stereocenters. The van der Waals surface area contributed by atoms with Crippen LogP contribution in [0.15, 0.2) is 35.5 Å². The van der Waals surface area contributed by atoms with E-state index in [1.54, 1.807) is 28.2 Å². The summed E-state index contributed by atoms with van der Waals surface area (Å²) in [5, 5.41) is 5.86. The summed E-state index contributed by atoms with van der Waals surface area (Å²) in [4.78, 5) is 46.7. The van der Waals surface area contributed by atoms with Gasteiger partial charge in [-0.05, 0) is 49.6 Å². The summed E-state index contributed by atoms with van der Waals surface area (Å²) in [6, 6.07) is 7.94. The SMILES string of the molecule is CCCN1C(=O)c2c(C(=O)NCc3ccc(SC)cc3)ncn2CC1(C)C(=O)NCCC(C)C. The number of thioether (sulfide) groups is 1. The maximum absolute atomic E-state index is 13.5. The number of imidazole rings is 1. The lowest BCUT2D eigenvalue weighted by molar-refractivity contribution is -0.132. The van der Waals surface area contributed by atoms with Gasteiger partial charge in [0.2, 0.25) is 5.91 Å². The standard InChI is InChI=1S/C25H35N5O3S/c1-6-13-30-23(32)21-20(22(31)27-14-18-7-9-19(34-5)10-8-18)28-16-29(21)15-25(30,4)24(33)26-12-11-17(2)3/h7-10,16-17H,6,11-15H2,1-5H3,(H,26,33)(H,27,31). The van der Waals surface area contributed by atoms with Gasteiger partial charge in [0.1, 0.15) is 11.2 Å². The van der Waals surface area contributed by atoms with Gasteiger partial charge in [-0.1, -0.05) is 32.9 Å². The van der Waals surface area contributed by atoms with Crippen LogP contribution in [-0.4, -0.2) is 57.1 Å². The van der Waals surface area contributed by atoms with Crippen molar-refractivity contribution in [3.05, 3.63) is 47.5 Å². The Balaban J connectivity index is 1.79. The van der Waals surface area contributed by atoms with E-state index in [1.807, 2.05) is 37.4 Å². The smallest absolute Gasteiger partial charge is 0.273 e. The van der Waals surface area contributed by atoms with Gasteiger partial charge in [0.15, 0.2) is 5.69 Å². The first-order valence-corrected chi connectivity index (χ1v) is 13.0. The van der Waals surface area contributed by atoms with Crippen LogP contribution in [0.1, 0.15) is 67.1 Å². The predicted molar refractivity (Wildman–Crippen MR) is 134 cm³/mol. The number of rotatable bonds is 10. The molecule has 2 heterocycles. The van der Waals surface area contributed by atoms with Crippen LogP contribution < -0.4 is 10.6 Å². The summed E-state index contributed by atoms with van der Waals surface area (Å²) in [6.45, 7) is 9.51. The van der Waals surface area contributed by atoms with Crippen molar-refractivity contribution in [3.63, 3.8) is 0 Å². The second-order valence-electron chi connectivity index (χ2n) is 9.27. The van der Waals surface area contributed by atoms with E-state index in [2.05, 4.69) is 29.5 Å². The Morgan fingerprint density at radius 3 is 2.53 bits per heavy atom. The average molecular weight is 486 g/mol. The number of nitrogens with zero attached hydrogens (tertiary/aromatic N) is 3. The molecule has 0 saturated heterocycles. The molecule has 3 rings (SSSR count). The first-order chi connectivity index (χ1) is 16.2. The second-order valence-corrected chi connectivity index (χ2v) is 10.1. The second kappa shape index (κ2) is 11.1. The van der Waals surface area contributed by atoms with Gasteiger partial charge in [-0.3, -0.25) is 14.4 Å². The Labute approximate surface area is 205 Å². The molecule has 0 saturated carbocycles. The molecule has 2 N–H and O–H groups in total. The minimum atomic E-state index is -1.05. The maximum Gasteiger partial charge on any atom is 0.273 e. The number of fused-ring (bicyclic) bond motifs is 1. The molecule has 0 spiro atoms. The lowest BCUT2D eigenvalue weighted by Gasteiger charge is -2.43. The zero-order valence-electron chi connectivity index (χ0n) is 20.7. The summed E-state index contributed by atoms with van der Waals surface area (Å²) in [5.41, 5.74) is 0.235. The van der Waals surface area contributed by atoms with Gasteiger partial charge >= 0.3 is 0 Å². The van der Waals surface area contributed by atoms with E-state index in [0.717, 1.165) is 16.9 Å². The molecule has 1 aromatic carbocycles. The van der Waals surface area contributed by atoms with E-state index in [9.17, 15) is 14.4 Å². The molecule has 0 aliphatic carbocycles. The number of carbonyl (C=O) groups excluding carboxylic acids is 3. The fourth-order valence-corrected chi connectivity index (χ4v) is 4.51. The lowest BCUT2D eigenvalue weighted by atomic mass is 9.93. The summed E-state index contributed by atoms with van der Waals surface area (Å²) in [5.74, 6) is -0.467. The molecule has 2 aromatic rings. The minimum absolute atomic E-state index is 0.0918. The summed E-state index contributed by atoms with van der Waals surface area (Å²) < 4.78 is 1.64. The number of hydrogen-bond donors (Lipinski definition) is 2. The van der Waals surface area contributed by atoms with Crippen LogP contribution in [0.4, 0.5) is 0 Å². The van der Waals surface area contributed by atoms with Gasteiger partial charge in [-0.15, -0.1) is 11.8 Å². The van der Waals surface area contributed by atoms with Crippen molar-refractivity contribution < 1.29 is 14.4 Å². The molecule has 184 valence electrons. The first-order valence-electron chi connectivity index (χ1n) is 11.8. The third-order valence-electron chi connectivity index (χ3n) is 6.13. The third-order valence-corrected chi connectivity index (χ3v) is 6.87. The molecule has 1 atom stereocenters. The molecule has 34 heavy (non-hydrogen) atoms. The van der Waals surface area contributed by atoms with Crippen molar-refractivity contribution in [2.45, 2.75) is 64.1 Å². The van der Waals surface area contributed by atoms with E-state index in [-0.39, 0.29) is 29.7 Å². The summed E-state index contributed by atoms with van der Waals surface area (Å²) >= 11 is 1.66. The van der Waals surface area contributed by atoms with Crippen LogP contribution in [0.5, 0.6) is 0 Å². The van der Waals surface area contributed by atoms with Crippen LogP contribution in [-0.2, 0) is 17.9 Å². The van der Waals surface area contributed by atoms with E-state index < -0.39 is 11.4 Å². The molecule has 1 aliphatic heterocycles. The van der Waals surface area contributed by atoms with Crippen LogP contribution in [0.3, 0.4) is 0 Å². The van der Waals surface area contributed by atoms with Gasteiger partial charge in [-0.25, -0.2) is 4.98 Å². The summed E-state index contributed by atoms with van der Waals surface area (Å²) in [7, 11) is 0. The molecular weight excluding hydrogens is 450 g/mol. The Hall–Kier alpha value is -2.81. The van der Waals surface area contributed by atoms with Gasteiger partial charge < -0.3 is 20.1 Å². The molecule has 9 heteroatoms. The van der Waals surface area contributed by atoms with Crippen molar-refractivity contribution in [1.29, 1.82) is 0 Å². The Morgan fingerprint density at radius 2 is 1.91 bits per heavy atom. The molecule has 0 radical (unpaired) electrons. The molecule has 1 aliphatic rings. The lowest BCUT2D eigenvalue weighted by Crippen LogP contribution is -2.64. The van der Waals surface area contributed by atoms with E-state index in [0.29, 0.717) is 32.0 Å². The van der Waals surface area contributed by atoms with E-state index >= 15 is 0 Å². The largest absolute Gasteiger partial charge is 0.354 e. The minimum Gasteiger partial charge on any atom is -0.354 e. The van der Waals surface area contributed by atoms with Crippen molar-refractivity contribution in [2.75, 3.05) is 19.3 Å². The number of nitrogens with one attached hydrogen (secondary N) is 2. The Kier molecular flexibility index (Phi) is 8.41. The van der Waals surface area contributed by atoms with Crippen molar-refractivity contribution in [1.82, 2.24) is 25.1 Å². The molecule has 0 fully saturated rings. The number of hydrogen-bond acceptors (Lipinski definition) is 5. The van der Waals surface area contributed by atoms with Gasteiger partial charge in [0.25, 0.3) is 11.8 Å². The summed E-state index contributed by atoms with van der Waals surface area (Å²) in [6.07, 6.45) is 5.06. The highest BCUT2D eigenvalue weighted by Gasteiger charge is 2.48. The fourth-order valence-electron chi connectivity index (χ4n) is 4.10. The quantitative estimate of drug-likeness (QED) is 0.503. The number of carbonyl (C=O) groups is 3. The normalized spacial score (nSPS) is 17.6. The van der Waals surface area contributed by atoms with Crippen LogP contribution in [0.2, 0.25) is 0 Å². The monoisotopic (exact) mass is 485 g/mol. The Morgan fingerprint density at radius 1 is 1.21 bits per heavy atom. The molecule has 0 bridgehead atoms. The van der Waals surface area contributed by atoms with Gasteiger partial charge in [0, 0.05) is 24.5 Å².